The van der Waals surface area contributed by atoms with Gasteiger partial charge in [-0.05, 0) is 29.3 Å². The van der Waals surface area contributed by atoms with Crippen molar-refractivity contribution in [2.24, 2.45) is 5.73 Å². The molecule has 2 heterocycles. The van der Waals surface area contributed by atoms with Gasteiger partial charge in [-0.1, -0.05) is 0 Å². The van der Waals surface area contributed by atoms with Crippen molar-refractivity contribution in [1.29, 1.82) is 0 Å². The number of aromatic amines is 1. The van der Waals surface area contributed by atoms with E-state index in [0.29, 0.717) is 12.2 Å². The molecule has 112 valence electrons. The number of thiophene rings is 1. The number of carbonyl (C=O) groups excluding carboxylic acids is 2. The van der Waals surface area contributed by atoms with Crippen LogP contribution in [0.3, 0.4) is 0 Å². The third kappa shape index (κ3) is 4.40. The first-order valence-electron chi connectivity index (χ1n) is 6.42. The number of anilines is 1. The zero-order valence-corrected chi connectivity index (χ0v) is 12.3. The van der Waals surface area contributed by atoms with E-state index in [4.69, 9.17) is 5.73 Å². The number of H-pyrrole nitrogens is 1. The summed E-state index contributed by atoms with van der Waals surface area (Å²) < 4.78 is 0. The van der Waals surface area contributed by atoms with Crippen molar-refractivity contribution in [1.82, 2.24) is 15.3 Å². The van der Waals surface area contributed by atoms with Crippen LogP contribution in [0.1, 0.15) is 12.5 Å². The van der Waals surface area contributed by atoms with Crippen LogP contribution in [0.5, 0.6) is 0 Å². The standard InChI is InChI=1S/C13H17N5O2S/c1-8(14)12(19)17-10(4-9-2-3-21-6-9)13(20)18-11-5-15-7-16-11/h2-3,5-8,10H,4,14H2,1H3,(H,15,16)(H,17,19)(H,18,20). The lowest BCUT2D eigenvalue weighted by atomic mass is 10.1. The van der Waals surface area contributed by atoms with Crippen LogP contribution in [0.15, 0.2) is 29.4 Å². The van der Waals surface area contributed by atoms with Gasteiger partial charge in [0.2, 0.25) is 11.8 Å². The molecule has 0 aliphatic carbocycles. The molecule has 0 fully saturated rings. The van der Waals surface area contributed by atoms with E-state index in [1.165, 1.54) is 23.9 Å². The second kappa shape index (κ2) is 7.00. The Kier molecular flexibility index (Phi) is 5.07. The summed E-state index contributed by atoms with van der Waals surface area (Å²) in [6.45, 7) is 1.57. The average molecular weight is 307 g/mol. The molecule has 5 N–H and O–H groups in total. The van der Waals surface area contributed by atoms with Crippen molar-refractivity contribution in [2.45, 2.75) is 25.4 Å². The summed E-state index contributed by atoms with van der Waals surface area (Å²) in [7, 11) is 0. The Labute approximate surface area is 126 Å². The Bertz CT molecular complexity index is 580. The van der Waals surface area contributed by atoms with Crippen molar-refractivity contribution in [2.75, 3.05) is 5.32 Å². The summed E-state index contributed by atoms with van der Waals surface area (Å²) >= 11 is 1.54. The summed E-state index contributed by atoms with van der Waals surface area (Å²) in [5, 5.41) is 9.19. The van der Waals surface area contributed by atoms with E-state index in [-0.39, 0.29) is 11.8 Å². The second-order valence-corrected chi connectivity index (χ2v) is 5.42. The van der Waals surface area contributed by atoms with Crippen LogP contribution in [0.2, 0.25) is 0 Å². The number of nitrogens with one attached hydrogen (secondary N) is 3. The molecule has 0 aromatic carbocycles. The summed E-state index contributed by atoms with van der Waals surface area (Å²) in [5.41, 5.74) is 6.52. The van der Waals surface area contributed by atoms with E-state index < -0.39 is 12.1 Å². The Morgan fingerprint density at radius 1 is 1.48 bits per heavy atom. The van der Waals surface area contributed by atoms with Gasteiger partial charge in [0.05, 0.1) is 18.6 Å². The molecule has 0 radical (unpaired) electrons. The molecule has 0 spiro atoms. The number of carbonyl (C=O) groups is 2. The lowest BCUT2D eigenvalue weighted by Crippen LogP contribution is -2.50. The molecule has 21 heavy (non-hydrogen) atoms. The molecule has 2 atom stereocenters. The van der Waals surface area contributed by atoms with Crippen LogP contribution >= 0.6 is 11.3 Å². The van der Waals surface area contributed by atoms with E-state index >= 15 is 0 Å². The lowest BCUT2D eigenvalue weighted by molar-refractivity contribution is -0.127. The van der Waals surface area contributed by atoms with Gasteiger partial charge >= 0.3 is 0 Å². The fraction of sp³-hybridized carbons (Fsp3) is 0.308. The van der Waals surface area contributed by atoms with Gasteiger partial charge in [-0.25, -0.2) is 4.98 Å². The number of hydrogen-bond donors (Lipinski definition) is 4. The minimum absolute atomic E-state index is 0.320. The second-order valence-electron chi connectivity index (χ2n) is 4.64. The fourth-order valence-corrected chi connectivity index (χ4v) is 2.38. The highest BCUT2D eigenvalue weighted by Gasteiger charge is 2.23. The Morgan fingerprint density at radius 3 is 2.86 bits per heavy atom. The number of hydrogen-bond acceptors (Lipinski definition) is 5. The van der Waals surface area contributed by atoms with Crippen LogP contribution in [-0.4, -0.2) is 33.9 Å². The molecule has 7 nitrogen and oxygen atoms in total. The fourth-order valence-electron chi connectivity index (χ4n) is 1.70. The molecular formula is C13H17N5O2S. The number of rotatable bonds is 6. The molecule has 0 bridgehead atoms. The van der Waals surface area contributed by atoms with Crippen molar-refractivity contribution in [3.8, 4) is 0 Å². The van der Waals surface area contributed by atoms with Gasteiger partial charge in [-0.15, -0.1) is 0 Å². The Morgan fingerprint density at radius 2 is 2.29 bits per heavy atom. The maximum Gasteiger partial charge on any atom is 0.248 e. The van der Waals surface area contributed by atoms with Crippen molar-refractivity contribution in [3.63, 3.8) is 0 Å². The smallest absolute Gasteiger partial charge is 0.248 e. The number of nitrogens with two attached hydrogens (primary N) is 1. The summed E-state index contributed by atoms with van der Waals surface area (Å²) in [4.78, 5) is 30.6. The zero-order chi connectivity index (χ0) is 15.2. The molecule has 0 aliphatic rings. The Hall–Kier alpha value is -2.19. The number of imidazole rings is 1. The third-order valence-electron chi connectivity index (χ3n) is 2.82. The van der Waals surface area contributed by atoms with Crippen molar-refractivity contribution < 1.29 is 9.59 Å². The van der Waals surface area contributed by atoms with Crippen LogP contribution in [0.25, 0.3) is 0 Å². The van der Waals surface area contributed by atoms with Crippen molar-refractivity contribution >= 4 is 29.0 Å². The normalized spacial score (nSPS) is 13.4. The number of aromatic nitrogens is 2. The third-order valence-corrected chi connectivity index (χ3v) is 3.55. The monoisotopic (exact) mass is 307 g/mol. The van der Waals surface area contributed by atoms with Gasteiger partial charge in [0.15, 0.2) is 0 Å². The lowest BCUT2D eigenvalue weighted by Gasteiger charge is -2.18. The average Bonchev–Trinajstić information content (AvgIpc) is 3.10. The number of amides is 2. The minimum Gasteiger partial charge on any atom is -0.343 e. The SMILES string of the molecule is CC(N)C(=O)NC(Cc1ccsc1)C(=O)Nc1cnc[nH]1. The molecule has 0 saturated carbocycles. The predicted octanol–water partition coefficient (Wildman–Crippen LogP) is 0.484. The van der Waals surface area contributed by atoms with Crippen LogP contribution in [-0.2, 0) is 16.0 Å². The Balaban J connectivity index is 2.06. The highest BCUT2D eigenvalue weighted by atomic mass is 32.1. The van der Waals surface area contributed by atoms with Gasteiger partial charge < -0.3 is 21.4 Å². The van der Waals surface area contributed by atoms with Crippen molar-refractivity contribution in [3.05, 3.63) is 34.9 Å². The van der Waals surface area contributed by atoms with Gasteiger partial charge in [-0.3, -0.25) is 9.59 Å². The maximum absolute atomic E-state index is 12.3. The first-order chi connectivity index (χ1) is 10.1. The van der Waals surface area contributed by atoms with E-state index in [9.17, 15) is 9.59 Å². The largest absolute Gasteiger partial charge is 0.343 e. The zero-order valence-electron chi connectivity index (χ0n) is 11.5. The van der Waals surface area contributed by atoms with E-state index in [2.05, 4.69) is 20.6 Å². The highest BCUT2D eigenvalue weighted by Crippen LogP contribution is 2.10. The molecule has 2 amide bonds. The van der Waals surface area contributed by atoms with Gasteiger partial charge in [0.1, 0.15) is 11.9 Å². The number of nitrogens with zero attached hydrogens (tertiary/aromatic N) is 1. The van der Waals surface area contributed by atoms with E-state index in [1.807, 2.05) is 16.8 Å². The van der Waals surface area contributed by atoms with E-state index in [0.717, 1.165) is 5.56 Å². The quantitative estimate of drug-likeness (QED) is 0.622. The van der Waals surface area contributed by atoms with Gasteiger partial charge in [0, 0.05) is 6.42 Å². The summed E-state index contributed by atoms with van der Waals surface area (Å²) in [6, 6.07) is 0.551. The molecule has 2 aromatic rings. The minimum atomic E-state index is -0.693. The van der Waals surface area contributed by atoms with E-state index in [1.54, 1.807) is 6.92 Å². The summed E-state index contributed by atoms with van der Waals surface area (Å²) in [6.07, 6.45) is 3.36. The topological polar surface area (TPSA) is 113 Å². The molecule has 0 aliphatic heterocycles. The van der Waals surface area contributed by atoms with Gasteiger partial charge in [-0.2, -0.15) is 11.3 Å². The predicted molar refractivity (Wildman–Crippen MR) is 80.8 cm³/mol. The first kappa shape index (κ1) is 15.2. The van der Waals surface area contributed by atoms with Gasteiger partial charge in [0.25, 0.3) is 0 Å². The summed E-state index contributed by atoms with van der Waals surface area (Å²) in [5.74, 6) is -0.209. The van der Waals surface area contributed by atoms with Crippen LogP contribution < -0.4 is 16.4 Å². The highest BCUT2D eigenvalue weighted by molar-refractivity contribution is 7.07. The first-order valence-corrected chi connectivity index (χ1v) is 7.37. The van der Waals surface area contributed by atoms with Crippen LogP contribution in [0, 0.1) is 0 Å². The molecule has 2 aromatic heterocycles. The molecule has 2 rings (SSSR count). The molecule has 0 saturated heterocycles. The molecule has 8 heteroatoms. The molecular weight excluding hydrogens is 290 g/mol. The maximum atomic E-state index is 12.3. The molecule has 2 unspecified atom stereocenters. The van der Waals surface area contributed by atoms with Crippen LogP contribution in [0.4, 0.5) is 5.82 Å².